The molecule has 0 spiro atoms. The minimum absolute atomic E-state index is 0.220. The van der Waals surface area contributed by atoms with Crippen LogP contribution in [0.25, 0.3) is 32.3 Å². The zero-order valence-electron chi connectivity index (χ0n) is 18.8. The van der Waals surface area contributed by atoms with Crippen molar-refractivity contribution in [2.24, 2.45) is 5.73 Å². The van der Waals surface area contributed by atoms with Gasteiger partial charge in [-0.2, -0.15) is 0 Å². The summed E-state index contributed by atoms with van der Waals surface area (Å²) in [5, 5.41) is 3.46. The minimum atomic E-state index is -0.604. The molecule has 0 saturated carbocycles. The van der Waals surface area contributed by atoms with Gasteiger partial charge >= 0.3 is 6.03 Å². The second-order valence-corrected chi connectivity index (χ2v) is 9.50. The number of benzene rings is 3. The molecule has 1 aliphatic heterocycles. The van der Waals surface area contributed by atoms with E-state index in [1.807, 2.05) is 42.5 Å². The highest BCUT2D eigenvalue weighted by Crippen LogP contribution is 2.44. The van der Waals surface area contributed by atoms with Crippen molar-refractivity contribution in [3.05, 3.63) is 83.3 Å². The number of pyridine rings is 1. The number of carbonyl (C=O) groups excluding carboxylic acids is 1. The second kappa shape index (κ2) is 8.75. The molecule has 0 radical (unpaired) electrons. The Kier molecular flexibility index (Phi) is 5.40. The molecule has 0 saturated heterocycles. The summed E-state index contributed by atoms with van der Waals surface area (Å²) in [7, 11) is 0. The number of nitrogens with zero attached hydrogens (tertiary/aromatic N) is 2. The van der Waals surface area contributed by atoms with Gasteiger partial charge in [0.25, 0.3) is 0 Å². The van der Waals surface area contributed by atoms with Gasteiger partial charge in [0, 0.05) is 32.4 Å². The maximum atomic E-state index is 12.3. The van der Waals surface area contributed by atoms with Crippen LogP contribution in [0.3, 0.4) is 0 Å². The van der Waals surface area contributed by atoms with Crippen LogP contribution in [0.15, 0.2) is 78.3 Å². The molecule has 9 heteroatoms. The van der Waals surface area contributed by atoms with Gasteiger partial charge in [0.2, 0.25) is 6.79 Å². The number of fused-ring (bicyclic) bond motifs is 2. The van der Waals surface area contributed by atoms with Gasteiger partial charge in [-0.25, -0.2) is 9.78 Å². The van der Waals surface area contributed by atoms with Crippen LogP contribution < -0.4 is 25.8 Å². The normalized spacial score (nSPS) is 12.1. The minimum Gasteiger partial charge on any atom is -0.454 e. The molecular weight excluding hydrogens is 496 g/mol. The van der Waals surface area contributed by atoms with Gasteiger partial charge in [-0.05, 0) is 59.0 Å². The van der Waals surface area contributed by atoms with E-state index >= 15 is 0 Å². The van der Waals surface area contributed by atoms with Gasteiger partial charge < -0.3 is 20.9 Å². The molecule has 36 heavy (non-hydrogen) atoms. The SMILES string of the molecule is NC(=O)N(c1ccc(-c2csc3c(-c4ccc5c(c4)OCO5)cnc(N)c23)cc1)c1cccc(Cl)c1. The number of nitrogens with two attached hydrogens (primary N) is 2. The number of primary amides is 1. The number of aromatic nitrogens is 1. The zero-order valence-corrected chi connectivity index (χ0v) is 20.3. The number of urea groups is 1. The van der Waals surface area contributed by atoms with Crippen molar-refractivity contribution in [2.75, 3.05) is 17.4 Å². The molecule has 5 aromatic rings. The Hall–Kier alpha value is -4.27. The fraction of sp³-hybridized carbons (Fsp3) is 0.0370. The molecule has 0 bridgehead atoms. The summed E-state index contributed by atoms with van der Waals surface area (Å²) in [6.45, 7) is 0.220. The van der Waals surface area contributed by atoms with Crippen LogP contribution in [0.4, 0.5) is 22.0 Å². The molecule has 3 aromatic carbocycles. The Morgan fingerprint density at radius 2 is 1.72 bits per heavy atom. The standard InChI is InChI=1S/C27H19ClN4O3S/c28-17-2-1-3-19(11-17)32(27(30)33)18-7-4-15(5-8-18)21-13-36-25-20(12-31-26(29)24(21)25)16-6-9-22-23(10-16)35-14-34-22/h1-13H,14H2,(H2,29,31)(H2,30,33). The van der Waals surface area contributed by atoms with Crippen molar-refractivity contribution in [1.82, 2.24) is 4.98 Å². The molecule has 0 aliphatic carbocycles. The summed E-state index contributed by atoms with van der Waals surface area (Å²) < 4.78 is 12.0. The summed E-state index contributed by atoms with van der Waals surface area (Å²) in [4.78, 5) is 18.1. The predicted molar refractivity (Wildman–Crippen MR) is 144 cm³/mol. The second-order valence-electron chi connectivity index (χ2n) is 8.18. The summed E-state index contributed by atoms with van der Waals surface area (Å²) >= 11 is 7.72. The Balaban J connectivity index is 1.40. The van der Waals surface area contributed by atoms with Gasteiger partial charge in [-0.15, -0.1) is 11.3 Å². The van der Waals surface area contributed by atoms with E-state index in [0.29, 0.717) is 28.0 Å². The third kappa shape index (κ3) is 3.77. The number of thiophene rings is 1. The van der Waals surface area contributed by atoms with Crippen LogP contribution >= 0.6 is 22.9 Å². The van der Waals surface area contributed by atoms with Crippen LogP contribution in [0.1, 0.15) is 0 Å². The maximum absolute atomic E-state index is 12.3. The molecule has 178 valence electrons. The van der Waals surface area contributed by atoms with Crippen molar-refractivity contribution in [3.8, 4) is 33.8 Å². The molecule has 0 unspecified atom stereocenters. The van der Waals surface area contributed by atoms with E-state index in [1.165, 1.54) is 4.90 Å². The first-order valence-electron chi connectivity index (χ1n) is 11.0. The quantitative estimate of drug-likeness (QED) is 0.274. The van der Waals surface area contributed by atoms with E-state index < -0.39 is 6.03 Å². The monoisotopic (exact) mass is 514 g/mol. The van der Waals surface area contributed by atoms with Crippen LogP contribution in [-0.2, 0) is 0 Å². The van der Waals surface area contributed by atoms with Gasteiger partial charge in [0.15, 0.2) is 11.5 Å². The number of halogens is 1. The van der Waals surface area contributed by atoms with E-state index in [1.54, 1.807) is 41.8 Å². The van der Waals surface area contributed by atoms with Crippen molar-refractivity contribution < 1.29 is 14.3 Å². The van der Waals surface area contributed by atoms with Crippen LogP contribution in [0.2, 0.25) is 5.02 Å². The summed E-state index contributed by atoms with van der Waals surface area (Å²) in [6.07, 6.45) is 1.79. The lowest BCUT2D eigenvalue weighted by Crippen LogP contribution is -2.31. The molecule has 1 aliphatic rings. The lowest BCUT2D eigenvalue weighted by molar-refractivity contribution is 0.174. The van der Waals surface area contributed by atoms with Crippen LogP contribution in [0, 0.1) is 0 Å². The Morgan fingerprint density at radius 1 is 0.944 bits per heavy atom. The third-order valence-electron chi connectivity index (χ3n) is 6.03. The van der Waals surface area contributed by atoms with Gasteiger partial charge in [0.05, 0.1) is 11.4 Å². The third-order valence-corrected chi connectivity index (χ3v) is 7.28. The molecule has 6 rings (SSSR count). The number of ether oxygens (including phenoxy) is 2. The highest BCUT2D eigenvalue weighted by molar-refractivity contribution is 7.18. The molecular formula is C27H19ClN4O3S. The Morgan fingerprint density at radius 3 is 2.50 bits per heavy atom. The van der Waals surface area contributed by atoms with E-state index in [2.05, 4.69) is 10.4 Å². The van der Waals surface area contributed by atoms with E-state index in [-0.39, 0.29) is 6.79 Å². The van der Waals surface area contributed by atoms with Gasteiger partial charge in [0.1, 0.15) is 5.82 Å². The lowest BCUT2D eigenvalue weighted by Gasteiger charge is -2.21. The summed E-state index contributed by atoms with van der Waals surface area (Å²) in [5.74, 6) is 1.89. The van der Waals surface area contributed by atoms with Gasteiger partial charge in [-0.3, -0.25) is 4.90 Å². The number of nitrogen functional groups attached to an aromatic ring is 1. The smallest absolute Gasteiger partial charge is 0.323 e. The molecule has 7 nitrogen and oxygen atoms in total. The first-order chi connectivity index (χ1) is 17.5. The number of rotatable bonds is 4. The largest absolute Gasteiger partial charge is 0.454 e. The summed E-state index contributed by atoms with van der Waals surface area (Å²) in [6, 6.07) is 19.8. The van der Waals surface area contributed by atoms with Crippen LogP contribution in [-0.4, -0.2) is 17.8 Å². The van der Waals surface area contributed by atoms with Crippen molar-refractivity contribution >= 4 is 56.2 Å². The van der Waals surface area contributed by atoms with E-state index in [0.717, 1.165) is 38.1 Å². The fourth-order valence-electron chi connectivity index (χ4n) is 4.36. The fourth-order valence-corrected chi connectivity index (χ4v) is 5.66. The molecule has 2 aromatic heterocycles. The topological polar surface area (TPSA) is 104 Å². The molecule has 0 atom stereocenters. The van der Waals surface area contributed by atoms with E-state index in [9.17, 15) is 4.79 Å². The number of hydrogen-bond donors (Lipinski definition) is 2. The van der Waals surface area contributed by atoms with Crippen molar-refractivity contribution in [1.29, 1.82) is 0 Å². The van der Waals surface area contributed by atoms with Crippen molar-refractivity contribution in [2.45, 2.75) is 0 Å². The van der Waals surface area contributed by atoms with Crippen LogP contribution in [0.5, 0.6) is 11.5 Å². The molecule has 4 N–H and O–H groups in total. The first-order valence-corrected chi connectivity index (χ1v) is 12.3. The van der Waals surface area contributed by atoms with Crippen molar-refractivity contribution in [3.63, 3.8) is 0 Å². The number of amides is 2. The first kappa shape index (κ1) is 22.2. The average Bonchev–Trinajstić information content (AvgIpc) is 3.52. The molecule has 0 fully saturated rings. The Labute approximate surface area is 215 Å². The highest BCUT2D eigenvalue weighted by Gasteiger charge is 2.20. The molecule has 2 amide bonds. The number of anilines is 3. The predicted octanol–water partition coefficient (Wildman–Crippen LogP) is 6.81. The Bertz CT molecular complexity index is 1630. The highest BCUT2D eigenvalue weighted by atomic mass is 35.5. The average molecular weight is 515 g/mol. The summed E-state index contributed by atoms with van der Waals surface area (Å²) in [5.41, 5.74) is 17.1. The van der Waals surface area contributed by atoms with Gasteiger partial charge in [-0.1, -0.05) is 35.9 Å². The lowest BCUT2D eigenvalue weighted by atomic mass is 10.0. The van der Waals surface area contributed by atoms with E-state index in [4.69, 9.17) is 32.5 Å². The zero-order chi connectivity index (χ0) is 24.8. The molecule has 3 heterocycles. The number of carbonyl (C=O) groups is 1. The number of hydrogen-bond acceptors (Lipinski definition) is 6. The maximum Gasteiger partial charge on any atom is 0.323 e.